The number of hydrogen-bond acceptors (Lipinski definition) is 4. The fraction of sp³-hybridized carbons (Fsp3) is 0.462. The SMILES string of the molecule is CCCNC(=O)[C@H](C)N(Cc1ccc(Cl)cc1Cl)C(=O)CCc1ccc(OCC)c(OCC)c1. The molecule has 0 aliphatic heterocycles. The summed E-state index contributed by atoms with van der Waals surface area (Å²) < 4.78 is 11.3. The molecule has 0 fully saturated rings. The van der Waals surface area contributed by atoms with E-state index in [4.69, 9.17) is 32.7 Å². The number of rotatable bonds is 13. The third-order valence-electron chi connectivity index (χ3n) is 5.31. The lowest BCUT2D eigenvalue weighted by atomic mass is 10.1. The third kappa shape index (κ3) is 8.10. The molecule has 0 aliphatic rings. The van der Waals surface area contributed by atoms with Crippen molar-refractivity contribution < 1.29 is 19.1 Å². The highest BCUT2D eigenvalue weighted by atomic mass is 35.5. The Labute approximate surface area is 212 Å². The van der Waals surface area contributed by atoms with Crippen LogP contribution in [0.25, 0.3) is 0 Å². The molecular weight excluding hydrogens is 475 g/mol. The Morgan fingerprint density at radius 1 is 1.00 bits per heavy atom. The van der Waals surface area contributed by atoms with E-state index in [1.54, 1.807) is 30.0 Å². The Morgan fingerprint density at radius 3 is 2.35 bits per heavy atom. The number of halogens is 2. The molecule has 0 aliphatic carbocycles. The van der Waals surface area contributed by atoms with Crippen LogP contribution in [0, 0.1) is 0 Å². The molecule has 8 heteroatoms. The van der Waals surface area contributed by atoms with Crippen molar-refractivity contribution in [2.75, 3.05) is 19.8 Å². The highest BCUT2D eigenvalue weighted by molar-refractivity contribution is 6.35. The first-order chi connectivity index (χ1) is 16.3. The van der Waals surface area contributed by atoms with E-state index in [9.17, 15) is 9.59 Å². The zero-order valence-electron chi connectivity index (χ0n) is 20.3. The molecule has 0 bridgehead atoms. The molecule has 2 aromatic carbocycles. The van der Waals surface area contributed by atoms with Crippen LogP contribution in [0.2, 0.25) is 10.0 Å². The monoisotopic (exact) mass is 508 g/mol. The molecule has 0 radical (unpaired) electrons. The molecule has 0 saturated heterocycles. The van der Waals surface area contributed by atoms with E-state index >= 15 is 0 Å². The van der Waals surface area contributed by atoms with Gasteiger partial charge in [0.05, 0.1) is 13.2 Å². The van der Waals surface area contributed by atoms with E-state index in [-0.39, 0.29) is 24.8 Å². The molecule has 2 amide bonds. The lowest BCUT2D eigenvalue weighted by Crippen LogP contribution is -2.47. The van der Waals surface area contributed by atoms with Crippen molar-refractivity contribution in [2.45, 2.75) is 59.5 Å². The first kappa shape index (κ1) is 27.8. The van der Waals surface area contributed by atoms with Gasteiger partial charge in [-0.05, 0) is 69.0 Å². The molecule has 1 N–H and O–H groups in total. The van der Waals surface area contributed by atoms with Crippen molar-refractivity contribution in [1.82, 2.24) is 10.2 Å². The van der Waals surface area contributed by atoms with Crippen molar-refractivity contribution in [3.63, 3.8) is 0 Å². The minimum absolute atomic E-state index is 0.142. The fourth-order valence-corrected chi connectivity index (χ4v) is 3.93. The second kappa shape index (κ2) is 14.1. The van der Waals surface area contributed by atoms with Gasteiger partial charge in [0.25, 0.3) is 0 Å². The van der Waals surface area contributed by atoms with E-state index in [1.807, 2.05) is 39.0 Å². The predicted molar refractivity (Wildman–Crippen MR) is 137 cm³/mol. The molecule has 1 atom stereocenters. The van der Waals surface area contributed by atoms with Crippen molar-refractivity contribution >= 4 is 35.0 Å². The van der Waals surface area contributed by atoms with Gasteiger partial charge in [-0.2, -0.15) is 0 Å². The summed E-state index contributed by atoms with van der Waals surface area (Å²) in [6.07, 6.45) is 1.55. The van der Waals surface area contributed by atoms with E-state index < -0.39 is 6.04 Å². The Morgan fingerprint density at radius 2 is 1.71 bits per heavy atom. The lowest BCUT2D eigenvalue weighted by molar-refractivity contribution is -0.140. The van der Waals surface area contributed by atoms with Gasteiger partial charge in [-0.3, -0.25) is 9.59 Å². The van der Waals surface area contributed by atoms with Gasteiger partial charge >= 0.3 is 0 Å². The minimum Gasteiger partial charge on any atom is -0.490 e. The van der Waals surface area contributed by atoms with E-state index in [0.29, 0.717) is 47.7 Å². The molecule has 186 valence electrons. The molecule has 34 heavy (non-hydrogen) atoms. The molecular formula is C26H34Cl2N2O4. The second-order valence-electron chi connectivity index (χ2n) is 7.87. The van der Waals surface area contributed by atoms with Gasteiger partial charge in [-0.15, -0.1) is 0 Å². The Kier molecular flexibility index (Phi) is 11.5. The van der Waals surface area contributed by atoms with Gasteiger partial charge in [0.1, 0.15) is 6.04 Å². The Hall–Kier alpha value is -2.44. The molecule has 0 saturated carbocycles. The van der Waals surface area contributed by atoms with Crippen molar-refractivity contribution in [1.29, 1.82) is 0 Å². The predicted octanol–water partition coefficient (Wildman–Crippen LogP) is 5.67. The lowest BCUT2D eigenvalue weighted by Gasteiger charge is -2.29. The number of carbonyl (C=O) groups is 2. The van der Waals surface area contributed by atoms with Crippen LogP contribution < -0.4 is 14.8 Å². The number of amides is 2. The molecule has 0 aromatic heterocycles. The van der Waals surface area contributed by atoms with Crippen LogP contribution in [0.15, 0.2) is 36.4 Å². The van der Waals surface area contributed by atoms with Gasteiger partial charge in [-0.25, -0.2) is 0 Å². The number of aryl methyl sites for hydroxylation is 1. The highest BCUT2D eigenvalue weighted by Crippen LogP contribution is 2.29. The van der Waals surface area contributed by atoms with Gasteiger partial charge in [-0.1, -0.05) is 42.3 Å². The highest BCUT2D eigenvalue weighted by Gasteiger charge is 2.26. The van der Waals surface area contributed by atoms with Crippen LogP contribution in [0.1, 0.15) is 51.7 Å². The number of nitrogens with zero attached hydrogens (tertiary/aromatic N) is 1. The van der Waals surface area contributed by atoms with Crippen molar-refractivity contribution in [3.05, 3.63) is 57.6 Å². The number of hydrogen-bond donors (Lipinski definition) is 1. The summed E-state index contributed by atoms with van der Waals surface area (Å²) in [5.41, 5.74) is 1.68. The van der Waals surface area contributed by atoms with Gasteiger partial charge in [0, 0.05) is 29.6 Å². The largest absolute Gasteiger partial charge is 0.490 e. The average Bonchev–Trinajstić information content (AvgIpc) is 2.81. The number of benzene rings is 2. The molecule has 0 heterocycles. The topological polar surface area (TPSA) is 67.9 Å². The molecule has 0 spiro atoms. The van der Waals surface area contributed by atoms with Crippen LogP contribution in [0.5, 0.6) is 11.5 Å². The van der Waals surface area contributed by atoms with Crippen LogP contribution in [0.4, 0.5) is 0 Å². The molecule has 2 aromatic rings. The third-order valence-corrected chi connectivity index (χ3v) is 5.89. The smallest absolute Gasteiger partial charge is 0.242 e. The summed E-state index contributed by atoms with van der Waals surface area (Å²) in [7, 11) is 0. The summed E-state index contributed by atoms with van der Waals surface area (Å²) in [5.74, 6) is 1.00. The normalized spacial score (nSPS) is 11.6. The second-order valence-corrected chi connectivity index (χ2v) is 8.72. The Bertz CT molecular complexity index is 968. The zero-order valence-corrected chi connectivity index (χ0v) is 21.8. The van der Waals surface area contributed by atoms with E-state index in [2.05, 4.69) is 5.32 Å². The first-order valence-corrected chi connectivity index (χ1v) is 12.5. The van der Waals surface area contributed by atoms with Crippen LogP contribution in [-0.4, -0.2) is 42.5 Å². The minimum atomic E-state index is -0.648. The standard InChI is InChI=1S/C26H34Cl2N2O4/c1-5-14-29-26(32)18(4)30(17-20-10-11-21(27)16-22(20)28)25(31)13-9-19-8-12-23(33-6-2)24(15-19)34-7-3/h8,10-12,15-16,18H,5-7,9,13-14,17H2,1-4H3,(H,29,32)/t18-/m0/s1. The summed E-state index contributed by atoms with van der Waals surface area (Å²) in [6.45, 7) is 9.37. The maximum absolute atomic E-state index is 13.3. The summed E-state index contributed by atoms with van der Waals surface area (Å²) >= 11 is 12.4. The maximum atomic E-state index is 13.3. The quantitative estimate of drug-likeness (QED) is 0.378. The van der Waals surface area contributed by atoms with Gasteiger partial charge < -0.3 is 19.7 Å². The average molecular weight is 509 g/mol. The van der Waals surface area contributed by atoms with Crippen LogP contribution >= 0.6 is 23.2 Å². The maximum Gasteiger partial charge on any atom is 0.242 e. The summed E-state index contributed by atoms with van der Waals surface area (Å²) in [6, 6.07) is 10.2. The molecule has 2 rings (SSSR count). The van der Waals surface area contributed by atoms with Crippen LogP contribution in [-0.2, 0) is 22.6 Å². The van der Waals surface area contributed by atoms with Crippen molar-refractivity contribution in [2.24, 2.45) is 0 Å². The fourth-order valence-electron chi connectivity index (χ4n) is 3.46. The van der Waals surface area contributed by atoms with Gasteiger partial charge in [0.15, 0.2) is 11.5 Å². The summed E-state index contributed by atoms with van der Waals surface area (Å²) in [5, 5.41) is 3.85. The Balaban J connectivity index is 2.20. The first-order valence-electron chi connectivity index (χ1n) is 11.7. The van der Waals surface area contributed by atoms with E-state index in [1.165, 1.54) is 0 Å². The number of ether oxygens (including phenoxy) is 2. The number of nitrogens with one attached hydrogen (secondary N) is 1. The zero-order chi connectivity index (χ0) is 25.1. The molecule has 6 nitrogen and oxygen atoms in total. The summed E-state index contributed by atoms with van der Waals surface area (Å²) in [4.78, 5) is 27.6. The van der Waals surface area contributed by atoms with Crippen LogP contribution in [0.3, 0.4) is 0 Å². The number of carbonyl (C=O) groups excluding carboxylic acids is 2. The molecule has 0 unspecified atom stereocenters. The van der Waals surface area contributed by atoms with Crippen molar-refractivity contribution in [3.8, 4) is 11.5 Å². The van der Waals surface area contributed by atoms with E-state index in [0.717, 1.165) is 17.5 Å². The van der Waals surface area contributed by atoms with Gasteiger partial charge in [0.2, 0.25) is 11.8 Å².